The number of benzene rings is 1. The molecule has 1 heterocycles. The molecule has 5 nitrogen and oxygen atoms in total. The van der Waals surface area contributed by atoms with E-state index in [4.69, 9.17) is 10.2 Å². The van der Waals surface area contributed by atoms with Crippen molar-refractivity contribution in [3.63, 3.8) is 0 Å². The highest BCUT2D eigenvalue weighted by Crippen LogP contribution is 2.29. The lowest BCUT2D eigenvalue weighted by atomic mass is 10.1. The van der Waals surface area contributed by atoms with Crippen molar-refractivity contribution in [2.75, 3.05) is 4.72 Å². The van der Waals surface area contributed by atoms with E-state index in [9.17, 15) is 8.42 Å². The Morgan fingerprint density at radius 3 is 2.57 bits per heavy atom. The van der Waals surface area contributed by atoms with E-state index in [1.54, 1.807) is 12.1 Å². The van der Waals surface area contributed by atoms with Gasteiger partial charge < -0.3 is 10.2 Å². The number of hydrogen-bond acceptors (Lipinski definition) is 4. The molecule has 0 aliphatic rings. The van der Waals surface area contributed by atoms with Crippen molar-refractivity contribution in [1.82, 2.24) is 0 Å². The smallest absolute Gasteiger partial charge is 0.266 e. The minimum Gasteiger partial charge on any atom is -0.452 e. The summed E-state index contributed by atoms with van der Waals surface area (Å²) in [6, 6.07) is 6.80. The van der Waals surface area contributed by atoms with Gasteiger partial charge in [0, 0.05) is 10.5 Å². The van der Waals surface area contributed by atoms with E-state index in [0.29, 0.717) is 17.9 Å². The molecule has 0 saturated carbocycles. The number of halogens is 2. The summed E-state index contributed by atoms with van der Waals surface area (Å²) in [5.41, 5.74) is 6.89. The summed E-state index contributed by atoms with van der Waals surface area (Å²) in [5.74, 6) is 0.397. The molecule has 0 fully saturated rings. The van der Waals surface area contributed by atoms with Crippen LogP contribution < -0.4 is 10.5 Å². The summed E-state index contributed by atoms with van der Waals surface area (Å²) in [6.45, 7) is 2.09. The largest absolute Gasteiger partial charge is 0.452 e. The molecule has 1 aromatic heterocycles. The van der Waals surface area contributed by atoms with E-state index in [0.717, 1.165) is 10.0 Å². The van der Waals surface area contributed by atoms with Crippen LogP contribution in [0.25, 0.3) is 0 Å². The number of nitrogens with two attached hydrogens (primary N) is 1. The molecule has 1 aromatic carbocycles. The molecule has 0 bridgehead atoms. The molecular weight excluding hydrogens is 424 g/mol. The molecule has 8 heteroatoms. The van der Waals surface area contributed by atoms with Crippen molar-refractivity contribution in [2.45, 2.75) is 24.8 Å². The van der Waals surface area contributed by atoms with Gasteiger partial charge in [0.25, 0.3) is 10.0 Å². The van der Waals surface area contributed by atoms with Gasteiger partial charge in [-0.15, -0.1) is 0 Å². The summed E-state index contributed by atoms with van der Waals surface area (Å²) in [4.78, 5) is 0.0351. The minimum absolute atomic E-state index is 0.0351. The number of hydrogen-bond donors (Lipinski definition) is 2. The molecule has 2 rings (SSSR count). The maximum Gasteiger partial charge on any atom is 0.266 e. The highest BCUT2D eigenvalue weighted by Gasteiger charge is 2.23. The summed E-state index contributed by atoms with van der Waals surface area (Å²) < 4.78 is 33.8. The molecule has 0 aliphatic carbocycles. The number of furan rings is 1. The predicted molar refractivity (Wildman–Crippen MR) is 88.6 cm³/mol. The Balaban J connectivity index is 2.39. The fourth-order valence-corrected chi connectivity index (χ4v) is 4.34. The van der Waals surface area contributed by atoms with E-state index >= 15 is 0 Å². The first kappa shape index (κ1) is 16.5. The van der Waals surface area contributed by atoms with Gasteiger partial charge in [-0.3, -0.25) is 4.72 Å². The third-order valence-electron chi connectivity index (χ3n) is 2.89. The molecule has 114 valence electrons. The topological polar surface area (TPSA) is 85.3 Å². The minimum atomic E-state index is -3.74. The molecule has 0 radical (unpaired) electrons. The second-order valence-corrected chi connectivity index (χ2v) is 7.60. The molecule has 0 unspecified atom stereocenters. The Bertz CT molecular complexity index is 757. The monoisotopic (exact) mass is 436 g/mol. The van der Waals surface area contributed by atoms with Crippen LogP contribution in [-0.2, 0) is 23.0 Å². The summed E-state index contributed by atoms with van der Waals surface area (Å²) in [7, 11) is -3.74. The zero-order chi connectivity index (χ0) is 15.6. The van der Waals surface area contributed by atoms with E-state index in [-0.39, 0.29) is 16.1 Å². The number of sulfonamides is 1. The second-order valence-electron chi connectivity index (χ2n) is 4.32. The van der Waals surface area contributed by atoms with Crippen LogP contribution in [0.15, 0.2) is 42.7 Å². The first-order valence-corrected chi connectivity index (χ1v) is 9.23. The number of rotatable bonds is 5. The van der Waals surface area contributed by atoms with Crippen LogP contribution in [0.4, 0.5) is 5.69 Å². The maximum atomic E-state index is 12.5. The molecule has 21 heavy (non-hydrogen) atoms. The lowest BCUT2D eigenvalue weighted by Gasteiger charge is -2.11. The average Bonchev–Trinajstić information content (AvgIpc) is 2.82. The van der Waals surface area contributed by atoms with Crippen LogP contribution >= 0.6 is 31.9 Å². The average molecular weight is 438 g/mol. The molecule has 0 atom stereocenters. The van der Waals surface area contributed by atoms with Crippen LogP contribution in [-0.4, -0.2) is 8.42 Å². The predicted octanol–water partition coefficient (Wildman–Crippen LogP) is 3.63. The lowest BCUT2D eigenvalue weighted by Crippen LogP contribution is -2.14. The van der Waals surface area contributed by atoms with E-state index < -0.39 is 10.0 Å². The van der Waals surface area contributed by atoms with Gasteiger partial charge in [-0.2, -0.15) is 0 Å². The van der Waals surface area contributed by atoms with Crippen LogP contribution in [0.1, 0.15) is 18.2 Å². The van der Waals surface area contributed by atoms with Gasteiger partial charge in [-0.1, -0.05) is 22.9 Å². The van der Waals surface area contributed by atoms with Crippen molar-refractivity contribution in [3.05, 3.63) is 44.7 Å². The molecule has 2 aromatic rings. The quantitative estimate of drug-likeness (QED) is 0.747. The van der Waals surface area contributed by atoms with E-state index in [1.165, 1.54) is 6.07 Å². The van der Waals surface area contributed by atoms with Gasteiger partial charge >= 0.3 is 0 Å². The molecule has 3 N–H and O–H groups in total. The lowest BCUT2D eigenvalue weighted by molar-refractivity contribution is 0.484. The highest BCUT2D eigenvalue weighted by molar-refractivity contribution is 9.10. The third kappa shape index (κ3) is 3.68. The zero-order valence-electron chi connectivity index (χ0n) is 11.2. The van der Waals surface area contributed by atoms with Gasteiger partial charge in [0.2, 0.25) is 0 Å². The van der Waals surface area contributed by atoms with Gasteiger partial charge in [0.1, 0.15) is 10.7 Å². The Hall–Kier alpha value is -0.830. The van der Waals surface area contributed by atoms with Gasteiger partial charge in [-0.05, 0) is 46.1 Å². The van der Waals surface area contributed by atoms with Crippen LogP contribution in [0.5, 0.6) is 0 Å². The number of aryl methyl sites for hydroxylation is 1. The molecule has 0 amide bonds. The van der Waals surface area contributed by atoms with Crippen LogP contribution in [0.2, 0.25) is 0 Å². The number of nitrogens with one attached hydrogen (secondary N) is 1. The van der Waals surface area contributed by atoms with Crippen molar-refractivity contribution in [2.24, 2.45) is 5.73 Å². The SMILES string of the molecule is CCc1cc(Br)ccc1NS(=O)(=O)c1cc(CN)oc1Br. The van der Waals surface area contributed by atoms with Gasteiger partial charge in [0.05, 0.1) is 12.2 Å². The highest BCUT2D eigenvalue weighted by atomic mass is 79.9. The van der Waals surface area contributed by atoms with Crippen molar-refractivity contribution >= 4 is 47.6 Å². The molecular formula is C13H14Br2N2O3S. The first-order valence-electron chi connectivity index (χ1n) is 6.17. The first-order chi connectivity index (χ1) is 9.87. The van der Waals surface area contributed by atoms with Crippen molar-refractivity contribution < 1.29 is 12.8 Å². The van der Waals surface area contributed by atoms with Gasteiger partial charge in [0.15, 0.2) is 4.67 Å². The normalized spacial score (nSPS) is 11.6. The Morgan fingerprint density at radius 1 is 1.29 bits per heavy atom. The Labute approximate surface area is 140 Å². The number of anilines is 1. The van der Waals surface area contributed by atoms with Gasteiger partial charge in [-0.25, -0.2) is 8.42 Å². The molecule has 0 spiro atoms. The molecule has 0 aliphatic heterocycles. The van der Waals surface area contributed by atoms with Crippen molar-refractivity contribution in [3.8, 4) is 0 Å². The second kappa shape index (κ2) is 6.51. The summed E-state index contributed by atoms with van der Waals surface area (Å²) in [6.07, 6.45) is 0.706. The summed E-state index contributed by atoms with van der Waals surface area (Å²) in [5, 5.41) is 0. The molecule has 0 saturated heterocycles. The van der Waals surface area contributed by atoms with Crippen LogP contribution in [0.3, 0.4) is 0 Å². The Kier molecular flexibility index (Phi) is 5.13. The Morgan fingerprint density at radius 2 is 2.00 bits per heavy atom. The van der Waals surface area contributed by atoms with Crippen molar-refractivity contribution in [1.29, 1.82) is 0 Å². The summed E-state index contributed by atoms with van der Waals surface area (Å²) >= 11 is 6.48. The maximum absolute atomic E-state index is 12.5. The van der Waals surface area contributed by atoms with E-state index in [1.807, 2.05) is 13.0 Å². The van der Waals surface area contributed by atoms with Crippen LogP contribution in [0, 0.1) is 0 Å². The standard InChI is InChI=1S/C13H14Br2N2O3S/c1-2-8-5-9(14)3-4-11(8)17-21(18,19)12-6-10(7-16)20-13(12)15/h3-6,17H,2,7,16H2,1H3. The third-order valence-corrected chi connectivity index (χ3v) is 5.61. The fraction of sp³-hybridized carbons (Fsp3) is 0.231. The fourth-order valence-electron chi connectivity index (χ4n) is 1.84. The zero-order valence-corrected chi connectivity index (χ0v) is 15.2. The van der Waals surface area contributed by atoms with E-state index in [2.05, 4.69) is 36.6 Å².